The summed E-state index contributed by atoms with van der Waals surface area (Å²) in [6, 6.07) is 4.61. The Labute approximate surface area is 196 Å². The standard InChI is InChI=1S/C24H27N5OS2/c1-13(2)29(3)24(30)14-5-6-17-19(8-14)32-23-21(17)22(26-12-27-23)28-18-7-15-10-25-11-16(15)9-20(18)31-4/h7,9-10,12-14H,5-6,8,11H2,1-4H3,(H,26,27,28)/t14-/m0/s1. The predicted molar refractivity (Wildman–Crippen MR) is 134 cm³/mol. The molecule has 1 atom stereocenters. The van der Waals surface area contributed by atoms with Crippen molar-refractivity contribution in [3.05, 3.63) is 40.0 Å². The van der Waals surface area contributed by atoms with Crippen LogP contribution in [0.15, 0.2) is 28.3 Å². The summed E-state index contributed by atoms with van der Waals surface area (Å²) in [6.45, 7) is 4.88. The molecule has 0 fully saturated rings. The van der Waals surface area contributed by atoms with Gasteiger partial charge in [-0.2, -0.15) is 0 Å². The summed E-state index contributed by atoms with van der Waals surface area (Å²) in [5.74, 6) is 1.14. The number of nitrogens with zero attached hydrogens (tertiary/aromatic N) is 4. The Morgan fingerprint density at radius 1 is 1.31 bits per heavy atom. The van der Waals surface area contributed by atoms with E-state index in [1.54, 1.807) is 29.4 Å². The van der Waals surface area contributed by atoms with E-state index in [1.807, 2.05) is 18.2 Å². The minimum Gasteiger partial charge on any atom is -0.343 e. The van der Waals surface area contributed by atoms with E-state index < -0.39 is 0 Å². The molecular weight excluding hydrogens is 438 g/mol. The molecule has 1 aliphatic heterocycles. The van der Waals surface area contributed by atoms with Crippen molar-refractivity contribution in [1.82, 2.24) is 14.9 Å². The molecule has 2 aromatic heterocycles. The first-order chi connectivity index (χ1) is 15.5. The highest BCUT2D eigenvalue weighted by atomic mass is 32.2. The first kappa shape index (κ1) is 21.4. The molecule has 0 saturated carbocycles. The smallest absolute Gasteiger partial charge is 0.226 e. The highest BCUT2D eigenvalue weighted by Crippen LogP contribution is 2.42. The largest absolute Gasteiger partial charge is 0.343 e. The van der Waals surface area contributed by atoms with Crippen LogP contribution >= 0.6 is 23.1 Å². The molecule has 0 bridgehead atoms. The van der Waals surface area contributed by atoms with Gasteiger partial charge in [-0.15, -0.1) is 23.1 Å². The Bertz CT molecular complexity index is 1230. The normalized spacial score (nSPS) is 17.0. The predicted octanol–water partition coefficient (Wildman–Crippen LogP) is 5.06. The van der Waals surface area contributed by atoms with Gasteiger partial charge in [0.05, 0.1) is 17.6 Å². The monoisotopic (exact) mass is 465 g/mol. The fraction of sp³-hybridized carbons (Fsp3) is 0.417. The number of amides is 1. The van der Waals surface area contributed by atoms with Gasteiger partial charge in [-0.3, -0.25) is 9.79 Å². The quantitative estimate of drug-likeness (QED) is 0.533. The fourth-order valence-corrected chi connectivity index (χ4v) is 6.35. The second-order valence-electron chi connectivity index (χ2n) is 8.73. The molecule has 1 aliphatic carbocycles. The molecule has 1 N–H and O–H groups in total. The molecule has 1 aromatic carbocycles. The number of benzene rings is 1. The van der Waals surface area contributed by atoms with Gasteiger partial charge in [-0.25, -0.2) is 9.97 Å². The molecule has 2 aliphatic rings. The molecule has 32 heavy (non-hydrogen) atoms. The number of nitrogens with one attached hydrogen (secondary N) is 1. The van der Waals surface area contributed by atoms with E-state index >= 15 is 0 Å². The number of aliphatic imine (C=N–C) groups is 1. The van der Waals surface area contributed by atoms with Crippen LogP contribution in [0, 0.1) is 5.92 Å². The summed E-state index contributed by atoms with van der Waals surface area (Å²) in [6.07, 6.45) is 8.21. The summed E-state index contributed by atoms with van der Waals surface area (Å²) in [7, 11) is 1.91. The molecule has 166 valence electrons. The van der Waals surface area contributed by atoms with Crippen LogP contribution in [0.2, 0.25) is 0 Å². The number of thiophene rings is 1. The topological polar surface area (TPSA) is 70.5 Å². The lowest BCUT2D eigenvalue weighted by atomic mass is 9.86. The zero-order valence-electron chi connectivity index (χ0n) is 18.8. The maximum absolute atomic E-state index is 12.9. The average Bonchev–Trinajstić information content (AvgIpc) is 3.40. The third kappa shape index (κ3) is 3.69. The summed E-state index contributed by atoms with van der Waals surface area (Å²) in [5.41, 5.74) is 4.78. The number of thioether (sulfide) groups is 1. The van der Waals surface area contributed by atoms with Crippen molar-refractivity contribution in [2.24, 2.45) is 10.9 Å². The van der Waals surface area contributed by atoms with E-state index in [9.17, 15) is 4.79 Å². The molecular formula is C24H27N5OS2. The number of anilines is 2. The number of hydrogen-bond donors (Lipinski definition) is 1. The van der Waals surface area contributed by atoms with Crippen LogP contribution in [0.5, 0.6) is 0 Å². The van der Waals surface area contributed by atoms with E-state index in [4.69, 9.17) is 0 Å². The van der Waals surface area contributed by atoms with Gasteiger partial charge in [-0.1, -0.05) is 0 Å². The lowest BCUT2D eigenvalue weighted by Gasteiger charge is -2.29. The summed E-state index contributed by atoms with van der Waals surface area (Å²) in [4.78, 5) is 31.8. The van der Waals surface area contributed by atoms with Crippen molar-refractivity contribution in [3.8, 4) is 0 Å². The number of carbonyl (C=O) groups excluding carboxylic acids is 1. The zero-order chi connectivity index (χ0) is 22.4. The van der Waals surface area contributed by atoms with Crippen molar-refractivity contribution in [3.63, 3.8) is 0 Å². The third-order valence-electron chi connectivity index (χ3n) is 6.52. The van der Waals surface area contributed by atoms with Crippen LogP contribution in [-0.4, -0.2) is 46.3 Å². The molecule has 0 radical (unpaired) electrons. The second-order valence-corrected chi connectivity index (χ2v) is 10.7. The van der Waals surface area contributed by atoms with Crippen LogP contribution in [-0.2, 0) is 24.2 Å². The van der Waals surface area contributed by atoms with E-state index in [1.165, 1.54) is 26.5 Å². The van der Waals surface area contributed by atoms with Crippen molar-refractivity contribution in [1.29, 1.82) is 0 Å². The summed E-state index contributed by atoms with van der Waals surface area (Å²) >= 11 is 3.43. The molecule has 3 aromatic rings. The highest BCUT2D eigenvalue weighted by Gasteiger charge is 2.31. The minimum absolute atomic E-state index is 0.0476. The van der Waals surface area contributed by atoms with Crippen molar-refractivity contribution in [2.75, 3.05) is 18.6 Å². The van der Waals surface area contributed by atoms with E-state index in [0.29, 0.717) is 0 Å². The maximum Gasteiger partial charge on any atom is 0.226 e. The van der Waals surface area contributed by atoms with Gasteiger partial charge >= 0.3 is 0 Å². The van der Waals surface area contributed by atoms with Crippen LogP contribution in [0.1, 0.15) is 41.8 Å². The third-order valence-corrected chi connectivity index (χ3v) is 8.46. The number of aryl methyl sites for hydroxylation is 1. The van der Waals surface area contributed by atoms with Gasteiger partial charge in [0.15, 0.2) is 0 Å². The Hall–Kier alpha value is -2.45. The number of carbonyl (C=O) groups is 1. The van der Waals surface area contributed by atoms with Crippen LogP contribution < -0.4 is 5.32 Å². The van der Waals surface area contributed by atoms with Gasteiger partial charge in [0.1, 0.15) is 17.0 Å². The Kier molecular flexibility index (Phi) is 5.67. The van der Waals surface area contributed by atoms with Gasteiger partial charge in [-0.05, 0) is 68.2 Å². The molecule has 6 nitrogen and oxygen atoms in total. The molecule has 5 rings (SSSR count). The number of rotatable bonds is 5. The van der Waals surface area contributed by atoms with E-state index in [2.05, 4.69) is 52.5 Å². The summed E-state index contributed by atoms with van der Waals surface area (Å²) < 4.78 is 0. The van der Waals surface area contributed by atoms with Gasteiger partial charge in [0, 0.05) is 35.0 Å². The van der Waals surface area contributed by atoms with E-state index in [0.717, 1.165) is 47.5 Å². The fourth-order valence-electron chi connectivity index (χ4n) is 4.49. The number of fused-ring (bicyclic) bond motifs is 4. The van der Waals surface area contributed by atoms with Crippen LogP contribution in [0.3, 0.4) is 0 Å². The van der Waals surface area contributed by atoms with Crippen molar-refractivity contribution < 1.29 is 4.79 Å². The maximum atomic E-state index is 12.9. The molecule has 1 amide bonds. The number of aromatic nitrogens is 2. The first-order valence-corrected chi connectivity index (χ1v) is 13.0. The van der Waals surface area contributed by atoms with Crippen LogP contribution in [0.4, 0.5) is 11.5 Å². The van der Waals surface area contributed by atoms with Gasteiger partial charge < -0.3 is 10.2 Å². The van der Waals surface area contributed by atoms with Gasteiger partial charge in [0.25, 0.3) is 0 Å². The number of hydrogen-bond acceptors (Lipinski definition) is 7. The molecule has 0 saturated heterocycles. The van der Waals surface area contributed by atoms with Crippen molar-refractivity contribution >= 4 is 56.9 Å². The zero-order valence-corrected chi connectivity index (χ0v) is 20.4. The average molecular weight is 466 g/mol. The first-order valence-electron chi connectivity index (χ1n) is 11.0. The Morgan fingerprint density at radius 2 is 2.16 bits per heavy atom. The molecule has 0 unspecified atom stereocenters. The SMILES string of the molecule is CSc1cc2c(cc1Nc1ncnc3sc4c(c13)CC[C@H](C(=O)N(C)C(C)C)C4)C=NC2. The Morgan fingerprint density at radius 3 is 2.94 bits per heavy atom. The van der Waals surface area contributed by atoms with Crippen molar-refractivity contribution in [2.45, 2.75) is 50.6 Å². The van der Waals surface area contributed by atoms with Gasteiger partial charge in [0.2, 0.25) is 5.91 Å². The second kappa shape index (κ2) is 8.48. The minimum atomic E-state index is 0.0476. The molecule has 0 spiro atoms. The van der Waals surface area contributed by atoms with Crippen LogP contribution in [0.25, 0.3) is 10.2 Å². The summed E-state index contributed by atoms with van der Waals surface area (Å²) in [5, 5.41) is 4.71. The Balaban J connectivity index is 1.49. The highest BCUT2D eigenvalue weighted by molar-refractivity contribution is 7.98. The molecule has 8 heteroatoms. The van der Waals surface area contributed by atoms with E-state index in [-0.39, 0.29) is 17.9 Å². The lowest BCUT2D eigenvalue weighted by Crippen LogP contribution is -2.39. The molecule has 3 heterocycles. The lowest BCUT2D eigenvalue weighted by molar-refractivity contribution is -0.136.